The number of carboxylic acid groups (broad SMARTS) is 1. The predicted octanol–water partition coefficient (Wildman–Crippen LogP) is 1.76. The maximum Gasteiger partial charge on any atom is 0.490 e. The lowest BCUT2D eigenvalue weighted by molar-refractivity contribution is 0.0695. The first-order valence-electron chi connectivity index (χ1n) is 5.99. The number of hydrogen-bond acceptors (Lipinski definition) is 5. The minimum Gasteiger partial charge on any atom is -0.478 e. The highest BCUT2D eigenvalue weighted by atomic mass is 19.1. The maximum absolute atomic E-state index is 13.7. The zero-order valence-electron chi connectivity index (χ0n) is 10.9. The smallest absolute Gasteiger partial charge is 0.478 e. The molecule has 0 heterocycles. The molecular formula is C13H9BF2N2O4. The number of carboxylic acids is 1. The zero-order chi connectivity index (χ0) is 16.3. The van der Waals surface area contributed by atoms with Crippen molar-refractivity contribution < 1.29 is 28.7 Å². The fraction of sp³-hybridized carbons (Fsp3) is 0. The molecule has 0 aromatic heterocycles. The Bertz CT molecular complexity index is 730. The van der Waals surface area contributed by atoms with Crippen LogP contribution in [0.25, 0.3) is 0 Å². The average Bonchev–Trinajstić information content (AvgIpc) is 2.46. The van der Waals surface area contributed by atoms with Crippen molar-refractivity contribution in [2.75, 3.05) is 0 Å². The van der Waals surface area contributed by atoms with Gasteiger partial charge in [0.1, 0.15) is 0 Å². The average molecular weight is 306 g/mol. The second kappa shape index (κ2) is 6.42. The van der Waals surface area contributed by atoms with Crippen LogP contribution < -0.4 is 5.46 Å². The van der Waals surface area contributed by atoms with E-state index in [1.165, 1.54) is 24.3 Å². The topological polar surface area (TPSA) is 102 Å². The molecule has 22 heavy (non-hydrogen) atoms. The summed E-state index contributed by atoms with van der Waals surface area (Å²) in [6.07, 6.45) is 0. The normalized spacial score (nSPS) is 10.9. The lowest BCUT2D eigenvalue weighted by atomic mass is 9.79. The van der Waals surface area contributed by atoms with Gasteiger partial charge in [0.05, 0.1) is 11.3 Å². The quantitative estimate of drug-likeness (QED) is 0.591. The molecule has 2 rings (SSSR count). The highest BCUT2D eigenvalue weighted by Gasteiger charge is 2.17. The molecule has 2 aromatic carbocycles. The van der Waals surface area contributed by atoms with Crippen molar-refractivity contribution in [1.29, 1.82) is 0 Å². The summed E-state index contributed by atoms with van der Waals surface area (Å²) < 4.78 is 27.4. The number of aromatic carboxylic acids is 1. The van der Waals surface area contributed by atoms with Crippen molar-refractivity contribution in [1.82, 2.24) is 0 Å². The molecule has 112 valence electrons. The fourth-order valence-corrected chi connectivity index (χ4v) is 1.69. The standard InChI is InChI=1S/C13H9BF2N2O4/c15-9-5-7(13(19)20)6-10(16)12(9)18-17-11-4-2-1-3-8(11)14(21)22/h1-6,21-22H,(H,19,20). The maximum atomic E-state index is 13.7. The van der Waals surface area contributed by atoms with E-state index in [1.54, 1.807) is 0 Å². The molecule has 0 saturated heterocycles. The molecule has 0 bridgehead atoms. The van der Waals surface area contributed by atoms with Crippen LogP contribution >= 0.6 is 0 Å². The van der Waals surface area contributed by atoms with Crippen LogP contribution in [-0.2, 0) is 0 Å². The number of hydrogen-bond donors (Lipinski definition) is 3. The van der Waals surface area contributed by atoms with Gasteiger partial charge in [-0.1, -0.05) is 18.2 Å². The summed E-state index contributed by atoms with van der Waals surface area (Å²) in [4.78, 5) is 10.7. The molecule has 2 aromatic rings. The Morgan fingerprint density at radius 3 is 2.18 bits per heavy atom. The molecule has 9 heteroatoms. The molecule has 0 radical (unpaired) electrons. The van der Waals surface area contributed by atoms with Gasteiger partial charge in [0.2, 0.25) is 0 Å². The van der Waals surface area contributed by atoms with E-state index < -0.39 is 36.0 Å². The molecule has 3 N–H and O–H groups in total. The van der Waals surface area contributed by atoms with Gasteiger partial charge in [-0.15, -0.1) is 5.11 Å². The predicted molar refractivity (Wildman–Crippen MR) is 73.8 cm³/mol. The SMILES string of the molecule is O=C(O)c1cc(F)c(N=Nc2ccccc2B(O)O)c(F)c1. The first-order chi connectivity index (χ1) is 10.4. The minimum absolute atomic E-state index is 0.00854. The van der Waals surface area contributed by atoms with Crippen LogP contribution in [0.5, 0.6) is 0 Å². The fourth-order valence-electron chi connectivity index (χ4n) is 1.69. The summed E-state index contributed by atoms with van der Waals surface area (Å²) in [5.41, 5.74) is -1.31. The van der Waals surface area contributed by atoms with Gasteiger partial charge in [0.15, 0.2) is 17.3 Å². The van der Waals surface area contributed by atoms with Gasteiger partial charge in [-0.3, -0.25) is 0 Å². The van der Waals surface area contributed by atoms with Crippen LogP contribution in [0.2, 0.25) is 0 Å². The van der Waals surface area contributed by atoms with Crippen LogP contribution in [-0.4, -0.2) is 28.2 Å². The van der Waals surface area contributed by atoms with E-state index in [1.807, 2.05) is 0 Å². The van der Waals surface area contributed by atoms with E-state index in [2.05, 4.69) is 10.2 Å². The summed E-state index contributed by atoms with van der Waals surface area (Å²) >= 11 is 0. The number of carbonyl (C=O) groups is 1. The summed E-state index contributed by atoms with van der Waals surface area (Å²) in [6.45, 7) is 0. The highest BCUT2D eigenvalue weighted by Crippen LogP contribution is 2.25. The molecule has 0 unspecified atom stereocenters. The Hall–Kier alpha value is -2.65. The Balaban J connectivity index is 2.41. The van der Waals surface area contributed by atoms with Gasteiger partial charge in [0.25, 0.3) is 0 Å². The van der Waals surface area contributed by atoms with Crippen LogP contribution in [0.3, 0.4) is 0 Å². The summed E-state index contributed by atoms with van der Waals surface area (Å²) in [6, 6.07) is 7.02. The van der Waals surface area contributed by atoms with E-state index in [9.17, 15) is 13.6 Å². The number of benzene rings is 2. The lowest BCUT2D eigenvalue weighted by Gasteiger charge is -2.03. The second-order valence-electron chi connectivity index (χ2n) is 4.23. The third-order valence-corrected chi connectivity index (χ3v) is 2.74. The molecule has 0 aliphatic rings. The van der Waals surface area contributed by atoms with Crippen molar-refractivity contribution in [3.63, 3.8) is 0 Å². The second-order valence-corrected chi connectivity index (χ2v) is 4.23. The van der Waals surface area contributed by atoms with E-state index in [0.29, 0.717) is 12.1 Å². The highest BCUT2D eigenvalue weighted by molar-refractivity contribution is 6.60. The van der Waals surface area contributed by atoms with E-state index >= 15 is 0 Å². The Morgan fingerprint density at radius 2 is 1.64 bits per heavy atom. The van der Waals surface area contributed by atoms with Crippen molar-refractivity contribution in [3.05, 3.63) is 53.6 Å². The summed E-state index contributed by atoms with van der Waals surface area (Å²) in [7, 11) is -1.82. The van der Waals surface area contributed by atoms with Crippen molar-refractivity contribution in [2.45, 2.75) is 0 Å². The number of rotatable bonds is 4. The summed E-state index contributed by atoms with van der Waals surface area (Å²) in [5, 5.41) is 33.9. The number of azo groups is 1. The molecule has 0 aliphatic heterocycles. The molecule has 0 aliphatic carbocycles. The van der Waals surface area contributed by atoms with Crippen molar-refractivity contribution >= 4 is 29.9 Å². The Kier molecular flexibility index (Phi) is 4.59. The third kappa shape index (κ3) is 3.33. The Morgan fingerprint density at radius 1 is 1.05 bits per heavy atom. The molecule has 0 spiro atoms. The van der Waals surface area contributed by atoms with Crippen molar-refractivity contribution in [3.8, 4) is 0 Å². The molecule has 0 amide bonds. The van der Waals surface area contributed by atoms with Crippen LogP contribution in [0.1, 0.15) is 10.4 Å². The zero-order valence-corrected chi connectivity index (χ0v) is 10.9. The van der Waals surface area contributed by atoms with Gasteiger partial charge in [0, 0.05) is 5.46 Å². The van der Waals surface area contributed by atoms with Gasteiger partial charge >= 0.3 is 13.1 Å². The van der Waals surface area contributed by atoms with Crippen LogP contribution in [0.15, 0.2) is 46.6 Å². The van der Waals surface area contributed by atoms with E-state index in [0.717, 1.165) is 0 Å². The first-order valence-corrected chi connectivity index (χ1v) is 5.99. The van der Waals surface area contributed by atoms with E-state index in [-0.39, 0.29) is 11.2 Å². The van der Waals surface area contributed by atoms with Crippen molar-refractivity contribution in [2.24, 2.45) is 10.2 Å². The summed E-state index contributed by atoms with van der Waals surface area (Å²) in [5.74, 6) is -3.86. The molecule has 6 nitrogen and oxygen atoms in total. The number of halogens is 2. The first kappa shape index (κ1) is 15.7. The minimum atomic E-state index is -1.82. The van der Waals surface area contributed by atoms with Gasteiger partial charge in [-0.05, 0) is 18.2 Å². The van der Waals surface area contributed by atoms with Gasteiger partial charge in [-0.25, -0.2) is 13.6 Å². The monoisotopic (exact) mass is 306 g/mol. The largest absolute Gasteiger partial charge is 0.490 e. The van der Waals surface area contributed by atoms with Crippen LogP contribution in [0.4, 0.5) is 20.2 Å². The lowest BCUT2D eigenvalue weighted by Crippen LogP contribution is -2.29. The number of nitrogens with zero attached hydrogens (tertiary/aromatic N) is 2. The molecule has 0 atom stereocenters. The van der Waals surface area contributed by atoms with Crippen LogP contribution in [0, 0.1) is 11.6 Å². The molecular weight excluding hydrogens is 297 g/mol. The molecule has 0 saturated carbocycles. The Labute approximate surface area is 123 Å². The molecule has 0 fully saturated rings. The third-order valence-electron chi connectivity index (χ3n) is 2.74. The van der Waals surface area contributed by atoms with Gasteiger partial charge < -0.3 is 15.2 Å². The van der Waals surface area contributed by atoms with E-state index in [4.69, 9.17) is 15.2 Å². The van der Waals surface area contributed by atoms with Gasteiger partial charge in [-0.2, -0.15) is 5.11 Å².